The van der Waals surface area contributed by atoms with E-state index in [0.717, 1.165) is 49.0 Å². The highest BCUT2D eigenvalue weighted by Gasteiger charge is 2.08. The van der Waals surface area contributed by atoms with Crippen LogP contribution in [0.15, 0.2) is 41.9 Å². The van der Waals surface area contributed by atoms with Gasteiger partial charge in [0.05, 0.1) is 7.11 Å². The summed E-state index contributed by atoms with van der Waals surface area (Å²) in [6.07, 6.45) is 3.98. The average Bonchev–Trinajstić information content (AvgIpc) is 3.14. The maximum absolute atomic E-state index is 5.17. The van der Waals surface area contributed by atoms with Gasteiger partial charge < -0.3 is 15.0 Å². The standard InChI is InChI=1S/C19H28N6O.HI/c1-5-7-8-13-25(3)19(20-6-2)21-14-17-22-18(24-23-17)15-9-11-16(26-4)12-10-15;/h5,9-12H,1,6-8,13-14H2,2-4H3,(H,20,21)(H,22,23,24);1H. The Labute approximate surface area is 178 Å². The summed E-state index contributed by atoms with van der Waals surface area (Å²) in [5.74, 6) is 3.05. The van der Waals surface area contributed by atoms with E-state index in [1.165, 1.54) is 0 Å². The number of guanidine groups is 1. The largest absolute Gasteiger partial charge is 0.497 e. The molecule has 0 unspecified atom stereocenters. The molecular formula is C19H29IN6O. The quantitative estimate of drug-likeness (QED) is 0.188. The fraction of sp³-hybridized carbons (Fsp3) is 0.421. The van der Waals surface area contributed by atoms with Crippen molar-refractivity contribution in [3.8, 4) is 17.1 Å². The zero-order valence-corrected chi connectivity index (χ0v) is 18.6. The van der Waals surface area contributed by atoms with E-state index >= 15 is 0 Å². The fourth-order valence-electron chi connectivity index (χ4n) is 2.43. The molecule has 1 aromatic heterocycles. The van der Waals surface area contributed by atoms with Crippen LogP contribution in [0.3, 0.4) is 0 Å². The van der Waals surface area contributed by atoms with Crippen molar-refractivity contribution in [2.24, 2.45) is 4.99 Å². The number of allylic oxidation sites excluding steroid dienone is 1. The lowest BCUT2D eigenvalue weighted by Gasteiger charge is -2.21. The molecule has 0 saturated heterocycles. The summed E-state index contributed by atoms with van der Waals surface area (Å²) in [6, 6.07) is 7.66. The van der Waals surface area contributed by atoms with Gasteiger partial charge in [0.2, 0.25) is 0 Å². The molecule has 2 rings (SSSR count). The normalized spacial score (nSPS) is 10.9. The Bertz CT molecular complexity index is 713. The van der Waals surface area contributed by atoms with Gasteiger partial charge in [-0.1, -0.05) is 6.08 Å². The van der Waals surface area contributed by atoms with Crippen molar-refractivity contribution in [1.82, 2.24) is 25.4 Å². The van der Waals surface area contributed by atoms with Gasteiger partial charge in [-0.15, -0.1) is 30.6 Å². The van der Waals surface area contributed by atoms with Gasteiger partial charge in [0.25, 0.3) is 0 Å². The number of aromatic nitrogens is 3. The number of H-pyrrole nitrogens is 1. The number of aromatic amines is 1. The minimum atomic E-state index is 0. The van der Waals surface area contributed by atoms with Crippen LogP contribution in [0.1, 0.15) is 25.6 Å². The van der Waals surface area contributed by atoms with E-state index in [1.54, 1.807) is 7.11 Å². The van der Waals surface area contributed by atoms with Crippen LogP contribution in [0.25, 0.3) is 11.4 Å². The third-order valence-corrected chi connectivity index (χ3v) is 3.86. The minimum absolute atomic E-state index is 0. The highest BCUT2D eigenvalue weighted by atomic mass is 127. The van der Waals surface area contributed by atoms with E-state index in [2.05, 4.69) is 43.9 Å². The predicted octanol–water partition coefficient (Wildman–Crippen LogP) is 3.46. The molecule has 0 aliphatic heterocycles. The summed E-state index contributed by atoms with van der Waals surface area (Å²) in [6.45, 7) is 8.00. The van der Waals surface area contributed by atoms with Gasteiger partial charge in [-0.3, -0.25) is 5.10 Å². The summed E-state index contributed by atoms with van der Waals surface area (Å²) in [7, 11) is 3.68. The molecule has 0 atom stereocenters. The molecule has 2 aromatic rings. The second kappa shape index (κ2) is 12.3. The van der Waals surface area contributed by atoms with Gasteiger partial charge in [-0.05, 0) is 44.0 Å². The smallest absolute Gasteiger partial charge is 0.194 e. The average molecular weight is 484 g/mol. The molecule has 148 valence electrons. The van der Waals surface area contributed by atoms with E-state index in [0.29, 0.717) is 12.4 Å². The van der Waals surface area contributed by atoms with Crippen molar-refractivity contribution in [2.75, 3.05) is 27.2 Å². The van der Waals surface area contributed by atoms with Crippen LogP contribution in [-0.4, -0.2) is 53.3 Å². The number of hydrogen-bond donors (Lipinski definition) is 2. The molecule has 0 aliphatic carbocycles. The number of benzene rings is 1. The Kier molecular flexibility index (Phi) is 10.5. The molecule has 27 heavy (non-hydrogen) atoms. The molecule has 1 aromatic carbocycles. The van der Waals surface area contributed by atoms with E-state index in [4.69, 9.17) is 4.74 Å². The zero-order valence-electron chi connectivity index (χ0n) is 16.2. The third kappa shape index (κ3) is 7.20. The maximum atomic E-state index is 5.17. The predicted molar refractivity (Wildman–Crippen MR) is 121 cm³/mol. The van der Waals surface area contributed by atoms with E-state index in [1.807, 2.05) is 37.4 Å². The number of nitrogens with one attached hydrogen (secondary N) is 2. The van der Waals surface area contributed by atoms with Crippen LogP contribution in [0.5, 0.6) is 5.75 Å². The first-order valence-electron chi connectivity index (χ1n) is 8.84. The van der Waals surface area contributed by atoms with Crippen molar-refractivity contribution < 1.29 is 4.74 Å². The monoisotopic (exact) mass is 484 g/mol. The minimum Gasteiger partial charge on any atom is -0.497 e. The second-order valence-electron chi connectivity index (χ2n) is 5.86. The van der Waals surface area contributed by atoms with Crippen LogP contribution in [0.2, 0.25) is 0 Å². The molecule has 0 radical (unpaired) electrons. The number of hydrogen-bond acceptors (Lipinski definition) is 4. The number of aliphatic imine (C=N–C) groups is 1. The summed E-state index contributed by atoms with van der Waals surface area (Å²) in [5, 5.41) is 10.5. The molecule has 0 amide bonds. The molecule has 0 saturated carbocycles. The highest BCUT2D eigenvalue weighted by molar-refractivity contribution is 14.0. The molecule has 0 fully saturated rings. The van der Waals surface area contributed by atoms with Crippen LogP contribution in [0.4, 0.5) is 0 Å². The summed E-state index contributed by atoms with van der Waals surface area (Å²) in [5.41, 5.74) is 0.936. The number of ether oxygens (including phenoxy) is 1. The molecule has 2 N–H and O–H groups in total. The van der Waals surface area contributed by atoms with Gasteiger partial charge in [-0.2, -0.15) is 5.10 Å². The molecule has 0 aliphatic rings. The van der Waals surface area contributed by atoms with E-state index in [-0.39, 0.29) is 24.0 Å². The Balaban J connectivity index is 0.00000364. The van der Waals surface area contributed by atoms with E-state index in [9.17, 15) is 0 Å². The fourth-order valence-corrected chi connectivity index (χ4v) is 2.43. The second-order valence-corrected chi connectivity index (χ2v) is 5.86. The van der Waals surface area contributed by atoms with Crippen molar-refractivity contribution >= 4 is 29.9 Å². The van der Waals surface area contributed by atoms with Gasteiger partial charge in [0.15, 0.2) is 11.8 Å². The molecule has 0 bridgehead atoms. The highest BCUT2D eigenvalue weighted by Crippen LogP contribution is 2.19. The Morgan fingerprint density at radius 2 is 2.11 bits per heavy atom. The van der Waals surface area contributed by atoms with Gasteiger partial charge in [0.1, 0.15) is 18.1 Å². The lowest BCUT2D eigenvalue weighted by atomic mass is 10.2. The summed E-state index contributed by atoms with van der Waals surface area (Å²) >= 11 is 0. The SMILES string of the molecule is C=CCCCN(C)C(=NCc1nc(-c2ccc(OC)cc2)n[nH]1)NCC.I. The zero-order chi connectivity index (χ0) is 18.8. The van der Waals surface area contributed by atoms with Crippen LogP contribution >= 0.6 is 24.0 Å². The third-order valence-electron chi connectivity index (χ3n) is 3.86. The first-order valence-corrected chi connectivity index (χ1v) is 8.84. The maximum Gasteiger partial charge on any atom is 0.194 e. The Hall–Kier alpha value is -2.10. The van der Waals surface area contributed by atoms with Crippen molar-refractivity contribution in [3.63, 3.8) is 0 Å². The Morgan fingerprint density at radius 3 is 2.74 bits per heavy atom. The first-order chi connectivity index (χ1) is 12.7. The molecule has 7 nitrogen and oxygen atoms in total. The number of nitrogens with zero attached hydrogens (tertiary/aromatic N) is 4. The number of unbranched alkanes of at least 4 members (excludes halogenated alkanes) is 1. The van der Waals surface area contributed by atoms with Crippen molar-refractivity contribution in [1.29, 1.82) is 0 Å². The first kappa shape index (κ1) is 22.9. The van der Waals surface area contributed by atoms with Crippen molar-refractivity contribution in [3.05, 3.63) is 42.7 Å². The van der Waals surface area contributed by atoms with Crippen molar-refractivity contribution in [2.45, 2.75) is 26.3 Å². The van der Waals surface area contributed by atoms with Gasteiger partial charge >= 0.3 is 0 Å². The molecule has 8 heteroatoms. The lowest BCUT2D eigenvalue weighted by Crippen LogP contribution is -2.39. The summed E-state index contributed by atoms with van der Waals surface area (Å²) in [4.78, 5) is 11.3. The van der Waals surface area contributed by atoms with Crippen LogP contribution in [-0.2, 0) is 6.54 Å². The van der Waals surface area contributed by atoms with E-state index < -0.39 is 0 Å². The van der Waals surface area contributed by atoms with Gasteiger partial charge in [-0.25, -0.2) is 9.98 Å². The molecular weight excluding hydrogens is 455 g/mol. The lowest BCUT2D eigenvalue weighted by molar-refractivity contribution is 0.415. The Morgan fingerprint density at radius 1 is 1.37 bits per heavy atom. The topological polar surface area (TPSA) is 78.4 Å². The summed E-state index contributed by atoms with van der Waals surface area (Å²) < 4.78 is 5.17. The van der Waals surface area contributed by atoms with Crippen LogP contribution < -0.4 is 10.1 Å². The molecule has 1 heterocycles. The number of halogens is 1. The van der Waals surface area contributed by atoms with Crippen LogP contribution in [0, 0.1) is 0 Å². The number of rotatable bonds is 9. The molecule has 0 spiro atoms. The number of methoxy groups -OCH3 is 1. The van der Waals surface area contributed by atoms with Gasteiger partial charge in [0, 0.05) is 25.7 Å².